The maximum atomic E-state index is 13.2. The Labute approximate surface area is 194 Å². The summed E-state index contributed by atoms with van der Waals surface area (Å²) in [5.41, 5.74) is 6.73. The number of fused-ring (bicyclic) bond motifs is 1. The number of hydrogen-bond acceptors (Lipinski definition) is 9. The predicted octanol–water partition coefficient (Wildman–Crippen LogP) is 0.292. The minimum Gasteiger partial charge on any atom is -0.481 e. The molecule has 0 saturated carbocycles. The molecular formula is C19H27N7O4S2. The van der Waals surface area contributed by atoms with Crippen LogP contribution in [0.15, 0.2) is 16.4 Å². The van der Waals surface area contributed by atoms with E-state index in [-0.39, 0.29) is 29.5 Å². The molecule has 1 aromatic rings. The van der Waals surface area contributed by atoms with Crippen LogP contribution >= 0.6 is 23.5 Å². The van der Waals surface area contributed by atoms with Crippen LogP contribution in [-0.4, -0.2) is 88.9 Å². The molecule has 3 N–H and O–H groups in total. The third-order valence-corrected chi connectivity index (χ3v) is 9.21. The summed E-state index contributed by atoms with van der Waals surface area (Å²) in [4.78, 5) is 41.3. The second-order valence-corrected chi connectivity index (χ2v) is 10.5. The van der Waals surface area contributed by atoms with Gasteiger partial charge in [0.2, 0.25) is 17.0 Å². The second kappa shape index (κ2) is 9.02. The molecule has 2 saturated heterocycles. The lowest BCUT2D eigenvalue weighted by molar-refractivity contribution is -0.163. The molecule has 3 heterocycles. The van der Waals surface area contributed by atoms with Crippen LogP contribution in [0.25, 0.3) is 0 Å². The summed E-state index contributed by atoms with van der Waals surface area (Å²) in [5, 5.41) is 21.5. The molecule has 2 amide bonds. The van der Waals surface area contributed by atoms with Gasteiger partial charge in [0.25, 0.3) is 0 Å². The fourth-order valence-electron chi connectivity index (χ4n) is 4.55. The molecule has 2 aliphatic heterocycles. The van der Waals surface area contributed by atoms with Gasteiger partial charge < -0.3 is 20.6 Å². The summed E-state index contributed by atoms with van der Waals surface area (Å²) in [6.07, 6.45) is 3.56. The molecule has 3 atom stereocenters. The Morgan fingerprint density at radius 3 is 2.75 bits per heavy atom. The first kappa shape index (κ1) is 23.1. The Balaban J connectivity index is 1.53. The number of carbonyl (C=O) groups excluding carboxylic acids is 2. The standard InChI is InChI=1S/C19H27N7O4S2/c1-11(27)26(13-6-4-3-5-12(13)7-20)14-15(28)25-8-19(17(29)30,9-31-16(14)25)10-32-18-21-22-23-24(18)2/h14,16H,3-10,20H2,1-2H3,(H,29,30)/t14?,16-,19?/m1/s1. The van der Waals surface area contributed by atoms with Gasteiger partial charge in [-0.1, -0.05) is 11.8 Å². The number of carboxylic acids is 1. The van der Waals surface area contributed by atoms with Crippen molar-refractivity contribution in [3.8, 4) is 0 Å². The van der Waals surface area contributed by atoms with Crippen LogP contribution in [0.3, 0.4) is 0 Å². The van der Waals surface area contributed by atoms with Crippen molar-refractivity contribution in [2.24, 2.45) is 18.2 Å². The van der Waals surface area contributed by atoms with Gasteiger partial charge in [0.15, 0.2) is 0 Å². The van der Waals surface area contributed by atoms with E-state index in [4.69, 9.17) is 5.73 Å². The Morgan fingerprint density at radius 2 is 2.12 bits per heavy atom. The van der Waals surface area contributed by atoms with Crippen LogP contribution in [0.5, 0.6) is 0 Å². The molecule has 0 radical (unpaired) electrons. The van der Waals surface area contributed by atoms with Gasteiger partial charge in [0.05, 0.1) is 0 Å². The highest BCUT2D eigenvalue weighted by atomic mass is 32.2. The van der Waals surface area contributed by atoms with Gasteiger partial charge in [0, 0.05) is 44.3 Å². The van der Waals surface area contributed by atoms with Crippen LogP contribution in [0.2, 0.25) is 0 Å². The van der Waals surface area contributed by atoms with E-state index in [2.05, 4.69) is 15.5 Å². The first-order valence-electron chi connectivity index (χ1n) is 10.5. The SMILES string of the molecule is CC(=O)N(C1=C(CN)CCCC1)C1C(=O)N2CC(CSc3nnnn3C)(C(=O)O)CS[C@H]12. The smallest absolute Gasteiger partial charge is 0.313 e. The number of nitrogens with two attached hydrogens (primary N) is 1. The maximum absolute atomic E-state index is 13.2. The quantitative estimate of drug-likeness (QED) is 0.411. The minimum atomic E-state index is -1.12. The highest BCUT2D eigenvalue weighted by Crippen LogP contribution is 2.47. The van der Waals surface area contributed by atoms with Crippen molar-refractivity contribution >= 4 is 41.3 Å². The molecule has 4 rings (SSSR count). The monoisotopic (exact) mass is 481 g/mol. The van der Waals surface area contributed by atoms with Crippen molar-refractivity contribution in [2.75, 3.05) is 24.6 Å². The number of aryl methyl sites for hydroxylation is 1. The number of nitrogens with zero attached hydrogens (tertiary/aromatic N) is 6. The summed E-state index contributed by atoms with van der Waals surface area (Å²) in [6, 6.07) is -0.602. The number of tetrazole rings is 1. The van der Waals surface area contributed by atoms with Gasteiger partial charge in [-0.15, -0.1) is 16.9 Å². The van der Waals surface area contributed by atoms with E-state index in [1.54, 1.807) is 16.8 Å². The Morgan fingerprint density at radius 1 is 1.38 bits per heavy atom. The molecule has 1 aliphatic carbocycles. The molecule has 1 aromatic heterocycles. The zero-order valence-electron chi connectivity index (χ0n) is 18.1. The van der Waals surface area contributed by atoms with Crippen molar-refractivity contribution in [2.45, 2.75) is 49.2 Å². The normalized spacial score (nSPS) is 27.7. The van der Waals surface area contributed by atoms with Crippen LogP contribution in [0, 0.1) is 5.41 Å². The number of hydrogen-bond donors (Lipinski definition) is 2. The zero-order valence-corrected chi connectivity index (χ0v) is 19.7. The predicted molar refractivity (Wildman–Crippen MR) is 118 cm³/mol. The number of β-lactam (4-membered cyclic amide) rings is 1. The molecule has 11 nitrogen and oxygen atoms in total. The van der Waals surface area contributed by atoms with Gasteiger partial charge in [-0.05, 0) is 41.7 Å². The van der Waals surface area contributed by atoms with Crippen molar-refractivity contribution in [1.82, 2.24) is 30.0 Å². The van der Waals surface area contributed by atoms with Gasteiger partial charge >= 0.3 is 5.97 Å². The third-order valence-electron chi connectivity index (χ3n) is 6.33. The van der Waals surface area contributed by atoms with Gasteiger partial charge in [-0.2, -0.15) is 0 Å². The van der Waals surface area contributed by atoms with E-state index in [1.807, 2.05) is 0 Å². The molecule has 2 unspecified atom stereocenters. The van der Waals surface area contributed by atoms with E-state index in [1.165, 1.54) is 35.1 Å². The van der Waals surface area contributed by atoms with Gasteiger partial charge in [-0.3, -0.25) is 14.4 Å². The average molecular weight is 482 g/mol. The average Bonchev–Trinajstić information content (AvgIpc) is 3.20. The summed E-state index contributed by atoms with van der Waals surface area (Å²) in [6.45, 7) is 1.95. The first-order valence-corrected chi connectivity index (χ1v) is 12.5. The van der Waals surface area contributed by atoms with E-state index >= 15 is 0 Å². The summed E-state index contributed by atoms with van der Waals surface area (Å²) in [7, 11) is 1.69. The minimum absolute atomic E-state index is 0.0994. The molecular weight excluding hydrogens is 454 g/mol. The number of carbonyl (C=O) groups is 3. The van der Waals surface area contributed by atoms with Crippen LogP contribution in [-0.2, 0) is 21.4 Å². The molecule has 13 heteroatoms. The molecule has 174 valence electrons. The highest BCUT2D eigenvalue weighted by Gasteiger charge is 2.59. The maximum Gasteiger partial charge on any atom is 0.313 e. The molecule has 2 fully saturated rings. The lowest BCUT2D eigenvalue weighted by Crippen LogP contribution is -2.74. The number of aliphatic carboxylic acids is 1. The summed E-state index contributed by atoms with van der Waals surface area (Å²) >= 11 is 2.69. The fraction of sp³-hybridized carbons (Fsp3) is 0.684. The van der Waals surface area contributed by atoms with E-state index in [9.17, 15) is 19.5 Å². The Hall–Kier alpha value is -2.12. The first-order chi connectivity index (χ1) is 15.3. The van der Waals surface area contributed by atoms with Crippen LogP contribution in [0.1, 0.15) is 32.6 Å². The molecule has 0 aromatic carbocycles. The van der Waals surface area contributed by atoms with Crippen molar-refractivity contribution < 1.29 is 19.5 Å². The number of carboxylic acid groups (broad SMARTS) is 1. The van der Waals surface area contributed by atoms with Gasteiger partial charge in [-0.25, -0.2) is 4.68 Å². The topological polar surface area (TPSA) is 148 Å². The largest absolute Gasteiger partial charge is 0.481 e. The summed E-state index contributed by atoms with van der Waals surface area (Å²) in [5.74, 6) is -0.759. The van der Waals surface area contributed by atoms with E-state index in [0.29, 0.717) is 17.5 Å². The molecule has 32 heavy (non-hydrogen) atoms. The Kier molecular flexibility index (Phi) is 6.50. The molecule has 3 aliphatic rings. The Bertz CT molecular complexity index is 967. The van der Waals surface area contributed by atoms with E-state index in [0.717, 1.165) is 37.0 Å². The fourth-order valence-corrected chi connectivity index (χ4v) is 7.30. The van der Waals surface area contributed by atoms with Crippen molar-refractivity contribution in [3.63, 3.8) is 0 Å². The number of thioether (sulfide) groups is 2. The van der Waals surface area contributed by atoms with Crippen LogP contribution < -0.4 is 5.73 Å². The third kappa shape index (κ3) is 3.90. The summed E-state index contributed by atoms with van der Waals surface area (Å²) < 4.78 is 1.49. The highest BCUT2D eigenvalue weighted by molar-refractivity contribution is 8.00. The number of rotatable bonds is 7. The van der Waals surface area contributed by atoms with Gasteiger partial charge in [0.1, 0.15) is 16.8 Å². The van der Waals surface area contributed by atoms with Crippen molar-refractivity contribution in [3.05, 3.63) is 11.3 Å². The molecule has 0 bridgehead atoms. The lowest BCUT2D eigenvalue weighted by atomic mass is 9.88. The van der Waals surface area contributed by atoms with Crippen LogP contribution in [0.4, 0.5) is 0 Å². The van der Waals surface area contributed by atoms with Crippen molar-refractivity contribution in [1.29, 1.82) is 0 Å². The lowest BCUT2D eigenvalue weighted by Gasteiger charge is -2.56. The van der Waals surface area contributed by atoms with E-state index < -0.39 is 17.4 Å². The number of amides is 2. The zero-order chi connectivity index (χ0) is 23.0. The number of allylic oxidation sites excluding steroid dienone is 1. The number of aromatic nitrogens is 4. The second-order valence-electron chi connectivity index (χ2n) is 8.42. The molecule has 0 spiro atoms.